The lowest BCUT2D eigenvalue weighted by atomic mass is 9.70. The van der Waals surface area contributed by atoms with E-state index in [1.54, 1.807) is 22.0 Å². The number of nitrogens with zero attached hydrogens (tertiary/aromatic N) is 3. The molecule has 4 fully saturated rings. The second kappa shape index (κ2) is 14.1. The van der Waals surface area contributed by atoms with Crippen LogP contribution in [0.3, 0.4) is 0 Å². The van der Waals surface area contributed by atoms with Crippen molar-refractivity contribution in [1.29, 1.82) is 0 Å². The molecule has 4 aliphatic rings. The van der Waals surface area contributed by atoms with Crippen molar-refractivity contribution in [2.45, 2.75) is 68.1 Å². The van der Waals surface area contributed by atoms with Gasteiger partial charge in [0, 0.05) is 37.6 Å². The summed E-state index contributed by atoms with van der Waals surface area (Å²) >= 11 is 3.71. The summed E-state index contributed by atoms with van der Waals surface area (Å²) in [6.07, 6.45) is 5.16. The molecule has 7 atom stereocenters. The number of esters is 1. The molecule has 0 saturated carbocycles. The number of halogens is 1. The smallest absolute Gasteiger partial charge is 0.312 e. The number of amides is 2. The summed E-state index contributed by atoms with van der Waals surface area (Å²) in [6, 6.07) is -1.55. The number of hydrogen-bond donors (Lipinski definition) is 1. The number of unbranched alkanes of at least 4 members (excludes halogenated alkanes) is 1. The summed E-state index contributed by atoms with van der Waals surface area (Å²) in [7, 11) is 0. The lowest BCUT2D eigenvalue weighted by Gasteiger charge is -2.40. The van der Waals surface area contributed by atoms with Crippen LogP contribution in [0.4, 0.5) is 0 Å². The molecule has 2 amide bonds. The zero-order valence-corrected chi connectivity index (χ0v) is 26.0. The lowest BCUT2D eigenvalue weighted by molar-refractivity contribution is -0.156. The molecule has 1 spiro atoms. The fourth-order valence-electron chi connectivity index (χ4n) is 7.03. The molecule has 4 saturated heterocycles. The number of carbonyl (C=O) groups is 3. The van der Waals surface area contributed by atoms with Crippen LogP contribution >= 0.6 is 15.9 Å². The Labute approximate surface area is 252 Å². The van der Waals surface area contributed by atoms with Gasteiger partial charge >= 0.3 is 5.97 Å². The first-order valence-corrected chi connectivity index (χ1v) is 15.8. The van der Waals surface area contributed by atoms with Crippen LogP contribution in [0.15, 0.2) is 25.3 Å². The molecule has 4 rings (SSSR count). The molecule has 230 valence electrons. The van der Waals surface area contributed by atoms with E-state index >= 15 is 0 Å². The van der Waals surface area contributed by atoms with Crippen LogP contribution in [-0.4, -0.2) is 125 Å². The van der Waals surface area contributed by atoms with Crippen molar-refractivity contribution in [1.82, 2.24) is 14.7 Å². The van der Waals surface area contributed by atoms with Gasteiger partial charge < -0.3 is 29.1 Å². The van der Waals surface area contributed by atoms with Gasteiger partial charge in [0.1, 0.15) is 11.6 Å². The molecule has 4 aliphatic heterocycles. The van der Waals surface area contributed by atoms with E-state index in [9.17, 15) is 19.5 Å². The van der Waals surface area contributed by atoms with E-state index in [2.05, 4.69) is 34.0 Å². The van der Waals surface area contributed by atoms with Gasteiger partial charge in [0.2, 0.25) is 11.8 Å². The molecule has 3 unspecified atom stereocenters. The highest BCUT2D eigenvalue weighted by Crippen LogP contribution is 2.60. The van der Waals surface area contributed by atoms with E-state index in [4.69, 9.17) is 14.2 Å². The summed E-state index contributed by atoms with van der Waals surface area (Å²) in [5.41, 5.74) is -1.19. The first-order chi connectivity index (χ1) is 19.7. The maximum absolute atomic E-state index is 14.6. The number of alkyl halides is 1. The molecule has 0 aliphatic carbocycles. The second-order valence-electron chi connectivity index (χ2n) is 12.0. The van der Waals surface area contributed by atoms with Crippen molar-refractivity contribution < 1.29 is 33.7 Å². The molecule has 0 aromatic rings. The molecule has 1 N–H and O–H groups in total. The number of fused-ring (bicyclic) bond motifs is 1. The second-order valence-corrected chi connectivity index (χ2v) is 13.2. The van der Waals surface area contributed by atoms with Crippen LogP contribution in [0, 0.1) is 17.8 Å². The van der Waals surface area contributed by atoms with Gasteiger partial charge in [-0.1, -0.05) is 41.9 Å². The monoisotopic (exact) mass is 639 g/mol. The number of rotatable bonds is 15. The van der Waals surface area contributed by atoms with Crippen LogP contribution < -0.4 is 0 Å². The van der Waals surface area contributed by atoms with Crippen molar-refractivity contribution in [3.8, 4) is 0 Å². The summed E-state index contributed by atoms with van der Waals surface area (Å²) in [4.78, 5) is 47.7. The minimum absolute atomic E-state index is 0.172. The Morgan fingerprint density at radius 3 is 2.63 bits per heavy atom. The zero-order chi connectivity index (χ0) is 29.7. The molecule has 41 heavy (non-hydrogen) atoms. The SMILES string of the molecule is C=CCCCOC(=O)[C@H]1[C@H]2C(=O)N([C@@H](CO)CC(C)C)C(C(=O)N(CC=C)CCN3CCOCC3)C23CC(Br)[C@@H]1O3. The van der Waals surface area contributed by atoms with Gasteiger partial charge in [-0.25, -0.2) is 0 Å². The van der Waals surface area contributed by atoms with Crippen molar-refractivity contribution in [3.63, 3.8) is 0 Å². The zero-order valence-electron chi connectivity index (χ0n) is 24.4. The maximum Gasteiger partial charge on any atom is 0.312 e. The molecule has 0 aromatic carbocycles. The molecule has 0 aromatic heterocycles. The minimum atomic E-state index is -1.19. The number of aliphatic hydroxyl groups is 1. The van der Waals surface area contributed by atoms with Crippen LogP contribution in [-0.2, 0) is 28.6 Å². The largest absolute Gasteiger partial charge is 0.465 e. The van der Waals surface area contributed by atoms with Gasteiger partial charge in [-0.15, -0.1) is 13.2 Å². The summed E-state index contributed by atoms with van der Waals surface area (Å²) in [5.74, 6) is -2.54. The fraction of sp³-hybridized carbons (Fsp3) is 0.767. The van der Waals surface area contributed by atoms with Gasteiger partial charge in [-0.2, -0.15) is 0 Å². The Hall–Kier alpha value is -1.79. The van der Waals surface area contributed by atoms with Crippen LogP contribution in [0.2, 0.25) is 0 Å². The predicted molar refractivity (Wildman–Crippen MR) is 157 cm³/mol. The average molecular weight is 641 g/mol. The third kappa shape index (κ3) is 6.44. The minimum Gasteiger partial charge on any atom is -0.465 e. The van der Waals surface area contributed by atoms with E-state index in [-0.39, 0.29) is 35.8 Å². The van der Waals surface area contributed by atoms with E-state index in [1.165, 1.54) is 0 Å². The number of allylic oxidation sites excluding steroid dienone is 1. The van der Waals surface area contributed by atoms with Gasteiger partial charge in [0.25, 0.3) is 0 Å². The molecule has 11 heteroatoms. The molecule has 0 radical (unpaired) electrons. The number of ether oxygens (including phenoxy) is 3. The van der Waals surface area contributed by atoms with Crippen LogP contribution in [0.5, 0.6) is 0 Å². The van der Waals surface area contributed by atoms with Crippen LogP contribution in [0.1, 0.15) is 39.5 Å². The highest BCUT2D eigenvalue weighted by molar-refractivity contribution is 9.09. The molecular weight excluding hydrogens is 594 g/mol. The normalized spacial score (nSPS) is 31.8. The number of aliphatic hydroxyl groups excluding tert-OH is 1. The Morgan fingerprint density at radius 1 is 1.27 bits per heavy atom. The number of hydrogen-bond acceptors (Lipinski definition) is 8. The third-order valence-corrected chi connectivity index (χ3v) is 9.67. The first-order valence-electron chi connectivity index (χ1n) is 14.9. The van der Waals surface area contributed by atoms with Crippen molar-refractivity contribution >= 4 is 33.7 Å². The van der Waals surface area contributed by atoms with Crippen molar-refractivity contribution in [3.05, 3.63) is 25.3 Å². The van der Waals surface area contributed by atoms with E-state index in [0.717, 1.165) is 13.1 Å². The summed E-state index contributed by atoms with van der Waals surface area (Å²) < 4.78 is 17.7. The summed E-state index contributed by atoms with van der Waals surface area (Å²) in [5, 5.41) is 10.5. The van der Waals surface area contributed by atoms with E-state index in [1.807, 2.05) is 13.8 Å². The maximum atomic E-state index is 14.6. The fourth-order valence-corrected chi connectivity index (χ4v) is 7.98. The summed E-state index contributed by atoms with van der Waals surface area (Å²) in [6.45, 7) is 15.9. The molecule has 4 heterocycles. The Bertz CT molecular complexity index is 974. The van der Waals surface area contributed by atoms with Gasteiger partial charge in [-0.05, 0) is 31.6 Å². The average Bonchev–Trinajstić information content (AvgIpc) is 3.55. The van der Waals surface area contributed by atoms with Gasteiger partial charge in [-0.3, -0.25) is 19.3 Å². The van der Waals surface area contributed by atoms with Crippen molar-refractivity contribution in [2.24, 2.45) is 17.8 Å². The van der Waals surface area contributed by atoms with Crippen molar-refractivity contribution in [2.75, 3.05) is 59.2 Å². The first kappa shape index (κ1) is 32.1. The quantitative estimate of drug-likeness (QED) is 0.125. The number of likely N-dealkylation sites (tertiary alicyclic amines) is 1. The van der Waals surface area contributed by atoms with Crippen LogP contribution in [0.25, 0.3) is 0 Å². The Kier molecular flexibility index (Phi) is 11.1. The predicted octanol–water partition coefficient (Wildman–Crippen LogP) is 2.00. The number of carbonyl (C=O) groups excluding carboxylic acids is 3. The highest BCUT2D eigenvalue weighted by atomic mass is 79.9. The Balaban J connectivity index is 1.67. The molecular formula is C30H46BrN3O7. The van der Waals surface area contributed by atoms with E-state index < -0.39 is 41.6 Å². The number of morpholine rings is 1. The van der Waals surface area contributed by atoms with Gasteiger partial charge in [0.15, 0.2) is 0 Å². The lowest BCUT2D eigenvalue weighted by Crippen LogP contribution is -2.59. The van der Waals surface area contributed by atoms with E-state index in [0.29, 0.717) is 58.5 Å². The topological polar surface area (TPSA) is 109 Å². The molecule has 2 bridgehead atoms. The molecule has 10 nitrogen and oxygen atoms in total. The third-order valence-electron chi connectivity index (χ3n) is 8.83. The standard InChI is InChI=1S/C30H46BrN3O7/c1-5-7-8-14-40-29(38)23-24-27(36)34(21(19-35)17-20(3)4)26(30(24)18-22(31)25(23)41-30)28(37)33(9-6-2)11-10-32-12-15-39-16-13-32/h5-6,20-26,35H,1-2,7-19H2,3-4H3/t21-,22?,23+,24+,25+,26?,30?/m1/s1. The Morgan fingerprint density at radius 2 is 2.00 bits per heavy atom. The highest BCUT2D eigenvalue weighted by Gasteiger charge is 2.77. The van der Waals surface area contributed by atoms with Gasteiger partial charge in [0.05, 0.1) is 50.4 Å².